The van der Waals surface area contributed by atoms with Gasteiger partial charge in [0.25, 0.3) is 0 Å². The summed E-state index contributed by atoms with van der Waals surface area (Å²) in [5.41, 5.74) is 3.83. The van der Waals surface area contributed by atoms with Gasteiger partial charge >= 0.3 is 6.09 Å². The van der Waals surface area contributed by atoms with Gasteiger partial charge in [0.2, 0.25) is 0 Å². The third-order valence-electron chi connectivity index (χ3n) is 7.95. The van der Waals surface area contributed by atoms with Gasteiger partial charge in [-0.3, -0.25) is 4.79 Å². The van der Waals surface area contributed by atoms with Gasteiger partial charge in [0.15, 0.2) is 5.78 Å². The number of rotatable bonds is 13. The van der Waals surface area contributed by atoms with Crippen molar-refractivity contribution in [3.8, 4) is 11.8 Å². The second-order valence-electron chi connectivity index (χ2n) is 11.1. The van der Waals surface area contributed by atoms with E-state index < -0.39 is 18.1 Å². The van der Waals surface area contributed by atoms with E-state index in [-0.39, 0.29) is 24.4 Å². The number of Topliss-reactive ketones (excluding diaryl/α,β-unsaturated/α-hetero) is 1. The Bertz CT molecular complexity index is 1570. The largest absolute Gasteiger partial charge is 0.491 e. The van der Waals surface area contributed by atoms with Crippen LogP contribution in [0, 0.1) is 11.3 Å². The number of ketones is 1. The second-order valence-corrected chi connectivity index (χ2v) is 11.1. The van der Waals surface area contributed by atoms with Gasteiger partial charge in [0.1, 0.15) is 30.8 Å². The molecule has 0 aliphatic carbocycles. The zero-order valence-electron chi connectivity index (χ0n) is 25.7. The first-order valence-electron chi connectivity index (χ1n) is 15.3. The Morgan fingerprint density at radius 1 is 1.00 bits per heavy atom. The highest BCUT2D eigenvalue weighted by atomic mass is 16.5. The summed E-state index contributed by atoms with van der Waals surface area (Å²) in [6.07, 6.45) is 3.55. The Hall–Kier alpha value is -5.11. The molecule has 10 heteroatoms. The van der Waals surface area contributed by atoms with Gasteiger partial charge in [0.05, 0.1) is 24.8 Å². The number of methoxy groups -OCH3 is 1. The fraction of sp³-hybridized carbons (Fsp3) is 0.306. The maximum Gasteiger partial charge on any atom is 0.407 e. The molecule has 0 saturated carbocycles. The molecule has 2 N–H and O–H groups in total. The molecule has 10 nitrogen and oxygen atoms in total. The SMILES string of the molecule is COC(=O)N[C@H](C(=O)Cc1cncnc1CC[C@@H]1CNC[C@@H](COc2ccc(C#N)cc2)O1)C(c1ccccc1)c1ccccc1. The Morgan fingerprint density at radius 3 is 2.33 bits per heavy atom. The van der Waals surface area contributed by atoms with Crippen molar-refractivity contribution in [2.75, 3.05) is 26.8 Å². The molecule has 3 atom stereocenters. The molecule has 0 unspecified atom stereocenters. The lowest BCUT2D eigenvalue weighted by Gasteiger charge is -2.31. The van der Waals surface area contributed by atoms with E-state index in [0.29, 0.717) is 49.4 Å². The highest BCUT2D eigenvalue weighted by Gasteiger charge is 2.33. The van der Waals surface area contributed by atoms with Gasteiger partial charge in [-0.05, 0) is 53.8 Å². The van der Waals surface area contributed by atoms with Crippen molar-refractivity contribution in [2.45, 2.75) is 43.4 Å². The summed E-state index contributed by atoms with van der Waals surface area (Å²) in [5, 5.41) is 15.2. The highest BCUT2D eigenvalue weighted by Crippen LogP contribution is 2.30. The minimum atomic E-state index is -0.895. The normalized spacial score (nSPS) is 16.6. The van der Waals surface area contributed by atoms with E-state index in [0.717, 1.165) is 16.8 Å². The molecular weight excluding hydrogens is 582 g/mol. The van der Waals surface area contributed by atoms with E-state index in [1.54, 1.807) is 30.5 Å². The molecule has 5 rings (SSSR count). The first-order chi connectivity index (χ1) is 22.5. The number of nitriles is 1. The molecule has 46 heavy (non-hydrogen) atoms. The Morgan fingerprint density at radius 2 is 1.67 bits per heavy atom. The fourth-order valence-electron chi connectivity index (χ4n) is 5.64. The van der Waals surface area contributed by atoms with Crippen molar-refractivity contribution < 1.29 is 23.8 Å². The molecule has 1 aliphatic heterocycles. The number of alkyl carbamates (subject to hydrolysis) is 1. The van der Waals surface area contributed by atoms with Crippen LogP contribution in [0.4, 0.5) is 4.79 Å². The summed E-state index contributed by atoms with van der Waals surface area (Å²) in [6.45, 7) is 1.73. The van der Waals surface area contributed by atoms with Crippen LogP contribution in [0.3, 0.4) is 0 Å². The molecule has 1 saturated heterocycles. The quantitative estimate of drug-likeness (QED) is 0.223. The average molecular weight is 620 g/mol. The molecule has 3 aromatic carbocycles. The van der Waals surface area contributed by atoms with Crippen LogP contribution in [0.15, 0.2) is 97.5 Å². The molecule has 1 aromatic heterocycles. The van der Waals surface area contributed by atoms with Crippen LogP contribution >= 0.6 is 0 Å². The maximum absolute atomic E-state index is 14.1. The van der Waals surface area contributed by atoms with E-state index in [1.165, 1.54) is 13.4 Å². The van der Waals surface area contributed by atoms with Gasteiger partial charge in [0, 0.05) is 37.3 Å². The lowest BCUT2D eigenvalue weighted by atomic mass is 9.82. The van der Waals surface area contributed by atoms with E-state index in [1.807, 2.05) is 60.7 Å². The number of carbonyl (C=O) groups excluding carboxylic acids is 2. The van der Waals surface area contributed by atoms with Crippen LogP contribution in [-0.2, 0) is 27.1 Å². The van der Waals surface area contributed by atoms with Gasteiger partial charge < -0.3 is 24.8 Å². The Balaban J connectivity index is 1.26. The predicted molar refractivity (Wildman–Crippen MR) is 171 cm³/mol. The number of aryl methyl sites for hydroxylation is 1. The lowest BCUT2D eigenvalue weighted by Crippen LogP contribution is -2.47. The standard InChI is InChI=1S/C36H37N5O5/c1-44-36(43)41-35(34(26-8-4-2-5-9-26)27-10-6-3-7-11-27)33(42)18-28-20-39-24-40-32(28)17-16-30-21-38-22-31(46-30)23-45-29-14-12-25(19-37)13-15-29/h2-15,20,24,30-31,34-35,38H,16-18,21-23H2,1H3,(H,41,43)/t30-,31+,35-/m1/s1. The van der Waals surface area contributed by atoms with Crippen molar-refractivity contribution in [2.24, 2.45) is 0 Å². The van der Waals surface area contributed by atoms with E-state index >= 15 is 0 Å². The van der Waals surface area contributed by atoms with Crippen molar-refractivity contribution >= 4 is 11.9 Å². The smallest absolute Gasteiger partial charge is 0.407 e. The molecule has 0 spiro atoms. The molecule has 1 amide bonds. The number of benzene rings is 3. The number of hydrogen-bond donors (Lipinski definition) is 2. The van der Waals surface area contributed by atoms with Crippen molar-refractivity contribution in [1.29, 1.82) is 5.26 Å². The van der Waals surface area contributed by atoms with Gasteiger partial charge in [-0.15, -0.1) is 0 Å². The first kappa shape index (κ1) is 32.3. The van der Waals surface area contributed by atoms with Gasteiger partial charge in [-0.2, -0.15) is 5.26 Å². The number of carbonyl (C=O) groups is 2. The molecule has 236 valence electrons. The third kappa shape index (κ3) is 8.75. The summed E-state index contributed by atoms with van der Waals surface area (Å²) in [4.78, 5) is 35.3. The molecule has 1 aliphatic rings. The summed E-state index contributed by atoms with van der Waals surface area (Å²) >= 11 is 0. The second kappa shape index (κ2) is 16.3. The van der Waals surface area contributed by atoms with Gasteiger partial charge in [-0.1, -0.05) is 60.7 Å². The average Bonchev–Trinajstić information content (AvgIpc) is 3.11. The fourth-order valence-corrected chi connectivity index (χ4v) is 5.64. The number of ether oxygens (including phenoxy) is 3. The maximum atomic E-state index is 14.1. The molecule has 0 radical (unpaired) electrons. The number of nitrogens with zero attached hydrogens (tertiary/aromatic N) is 3. The zero-order valence-corrected chi connectivity index (χ0v) is 25.7. The van der Waals surface area contributed by atoms with E-state index in [9.17, 15) is 9.59 Å². The van der Waals surface area contributed by atoms with Crippen LogP contribution in [0.25, 0.3) is 0 Å². The molecule has 2 heterocycles. The number of amides is 1. The monoisotopic (exact) mass is 619 g/mol. The minimum Gasteiger partial charge on any atom is -0.491 e. The van der Waals surface area contributed by atoms with Crippen LogP contribution in [0.1, 0.15) is 40.3 Å². The van der Waals surface area contributed by atoms with E-state index in [2.05, 4.69) is 26.7 Å². The summed E-state index contributed by atoms with van der Waals surface area (Å²) < 4.78 is 17.1. The van der Waals surface area contributed by atoms with Crippen LogP contribution in [0.5, 0.6) is 5.75 Å². The molecule has 4 aromatic rings. The summed E-state index contributed by atoms with van der Waals surface area (Å²) in [7, 11) is 1.28. The van der Waals surface area contributed by atoms with Crippen molar-refractivity contribution in [3.63, 3.8) is 0 Å². The lowest BCUT2D eigenvalue weighted by molar-refractivity contribution is -0.120. The summed E-state index contributed by atoms with van der Waals surface area (Å²) in [5.74, 6) is 0.0590. The number of nitrogens with one attached hydrogen (secondary N) is 2. The third-order valence-corrected chi connectivity index (χ3v) is 7.95. The number of aromatic nitrogens is 2. The van der Waals surface area contributed by atoms with Crippen molar-refractivity contribution in [1.82, 2.24) is 20.6 Å². The molecular formula is C36H37N5O5. The number of morpholine rings is 1. The first-order valence-corrected chi connectivity index (χ1v) is 15.3. The zero-order chi connectivity index (χ0) is 32.1. The minimum absolute atomic E-state index is 0.0336. The highest BCUT2D eigenvalue weighted by molar-refractivity contribution is 5.90. The number of hydrogen-bond acceptors (Lipinski definition) is 9. The molecule has 0 bridgehead atoms. The topological polar surface area (TPSA) is 135 Å². The van der Waals surface area contributed by atoms with E-state index in [4.69, 9.17) is 19.5 Å². The predicted octanol–water partition coefficient (Wildman–Crippen LogP) is 4.39. The summed E-state index contributed by atoms with van der Waals surface area (Å²) in [6, 6.07) is 27.5. The van der Waals surface area contributed by atoms with Crippen LogP contribution < -0.4 is 15.4 Å². The Labute approximate surface area is 268 Å². The van der Waals surface area contributed by atoms with Gasteiger partial charge in [-0.25, -0.2) is 14.8 Å². The molecule has 1 fully saturated rings. The van der Waals surface area contributed by atoms with Crippen molar-refractivity contribution in [3.05, 3.63) is 125 Å². The van der Waals surface area contributed by atoms with Crippen LogP contribution in [0.2, 0.25) is 0 Å². The van der Waals surface area contributed by atoms with Crippen LogP contribution in [-0.4, -0.2) is 66.9 Å². The Kier molecular flexibility index (Phi) is 11.4.